The van der Waals surface area contributed by atoms with Crippen LogP contribution in [0.1, 0.15) is 29.8 Å². The Hall–Kier alpha value is -2.17. The first kappa shape index (κ1) is 14.2. The van der Waals surface area contributed by atoms with E-state index < -0.39 is 11.4 Å². The fourth-order valence-electron chi connectivity index (χ4n) is 2.14. The predicted octanol–water partition coefficient (Wildman–Crippen LogP) is 2.65. The Morgan fingerprint density at radius 2 is 2.05 bits per heavy atom. The van der Waals surface area contributed by atoms with Gasteiger partial charge in [-0.05, 0) is 38.5 Å². The van der Waals surface area contributed by atoms with E-state index in [4.69, 9.17) is 4.74 Å². The minimum Gasteiger partial charge on any atom is -0.462 e. The second kappa shape index (κ2) is 5.45. The number of hydrogen-bond donors (Lipinski definition) is 0. The summed E-state index contributed by atoms with van der Waals surface area (Å²) in [6.07, 6.45) is 1.43. The quantitative estimate of drug-likeness (QED) is 0.810. The van der Waals surface area contributed by atoms with Crippen molar-refractivity contribution in [2.24, 2.45) is 0 Å². The lowest BCUT2D eigenvalue weighted by molar-refractivity contribution is 0.0524. The van der Waals surface area contributed by atoms with Crippen LogP contribution in [0.15, 0.2) is 23.1 Å². The minimum atomic E-state index is -0.649. The van der Waals surface area contributed by atoms with Crippen molar-refractivity contribution in [2.75, 3.05) is 6.61 Å². The maximum atomic E-state index is 13.7. The molecule has 2 aromatic rings. The van der Waals surface area contributed by atoms with Crippen LogP contribution in [0.3, 0.4) is 0 Å². The third-order valence-corrected chi connectivity index (χ3v) is 3.20. The normalized spacial score (nSPS) is 10.8. The van der Waals surface area contributed by atoms with Crippen molar-refractivity contribution in [3.05, 3.63) is 45.5 Å². The summed E-state index contributed by atoms with van der Waals surface area (Å²) in [7, 11) is 0. The minimum absolute atomic E-state index is 0.0211. The van der Waals surface area contributed by atoms with Crippen LogP contribution >= 0.6 is 0 Å². The first-order chi connectivity index (χ1) is 9.49. The largest absolute Gasteiger partial charge is 0.462 e. The van der Waals surface area contributed by atoms with Crippen LogP contribution in [0.4, 0.5) is 4.39 Å². The molecule has 0 aliphatic rings. The molecule has 20 heavy (non-hydrogen) atoms. The first-order valence-corrected chi connectivity index (χ1v) is 6.50. The number of carbonyl (C=O) groups is 1. The van der Waals surface area contributed by atoms with Crippen molar-refractivity contribution in [1.82, 2.24) is 4.57 Å². The van der Waals surface area contributed by atoms with Crippen molar-refractivity contribution in [3.8, 4) is 0 Å². The van der Waals surface area contributed by atoms with Gasteiger partial charge in [-0.25, -0.2) is 9.18 Å². The number of halogens is 1. The Morgan fingerprint density at radius 1 is 1.35 bits per heavy atom. The number of rotatable bonds is 3. The lowest BCUT2D eigenvalue weighted by Crippen LogP contribution is -2.21. The van der Waals surface area contributed by atoms with E-state index in [0.29, 0.717) is 23.0 Å². The molecular formula is C15H16FNO3. The number of nitrogens with zero attached hydrogens (tertiary/aromatic N) is 1. The van der Waals surface area contributed by atoms with Crippen LogP contribution in [0.25, 0.3) is 10.9 Å². The first-order valence-electron chi connectivity index (χ1n) is 6.50. The standard InChI is InChI=1S/C15H16FNO3/c1-4-17-8-11(15(19)20-5-2)14(18)10-6-9(3)12(16)7-13(10)17/h6-8H,4-5H2,1-3H3. The number of pyridine rings is 1. The third-order valence-electron chi connectivity index (χ3n) is 3.20. The molecule has 0 unspecified atom stereocenters. The average molecular weight is 277 g/mol. The monoisotopic (exact) mass is 277 g/mol. The summed E-state index contributed by atoms with van der Waals surface area (Å²) in [6.45, 7) is 5.84. The predicted molar refractivity (Wildman–Crippen MR) is 74.5 cm³/mol. The Kier molecular flexibility index (Phi) is 3.88. The van der Waals surface area contributed by atoms with Gasteiger partial charge in [0.05, 0.1) is 12.1 Å². The molecule has 1 heterocycles. The topological polar surface area (TPSA) is 48.3 Å². The third kappa shape index (κ3) is 2.31. The Balaban J connectivity index is 2.81. The second-order valence-corrected chi connectivity index (χ2v) is 4.50. The van der Waals surface area contributed by atoms with E-state index in [9.17, 15) is 14.0 Å². The van der Waals surface area contributed by atoms with Crippen LogP contribution in [-0.2, 0) is 11.3 Å². The van der Waals surface area contributed by atoms with Crippen LogP contribution < -0.4 is 5.43 Å². The molecule has 0 N–H and O–H groups in total. The van der Waals surface area contributed by atoms with Gasteiger partial charge in [-0.2, -0.15) is 0 Å². The van der Waals surface area contributed by atoms with Crippen LogP contribution in [0, 0.1) is 12.7 Å². The van der Waals surface area contributed by atoms with Gasteiger partial charge in [0.1, 0.15) is 11.4 Å². The molecule has 0 atom stereocenters. The van der Waals surface area contributed by atoms with Gasteiger partial charge in [0, 0.05) is 18.1 Å². The summed E-state index contributed by atoms with van der Waals surface area (Å²) < 4.78 is 20.2. The van der Waals surface area contributed by atoms with E-state index in [2.05, 4.69) is 0 Å². The lowest BCUT2D eigenvalue weighted by atomic mass is 10.1. The van der Waals surface area contributed by atoms with Crippen molar-refractivity contribution in [2.45, 2.75) is 27.3 Å². The Morgan fingerprint density at radius 3 is 2.65 bits per heavy atom. The highest BCUT2D eigenvalue weighted by Crippen LogP contribution is 2.17. The van der Waals surface area contributed by atoms with Gasteiger partial charge in [-0.15, -0.1) is 0 Å². The summed E-state index contributed by atoms with van der Waals surface area (Å²) in [5.74, 6) is -1.02. The van der Waals surface area contributed by atoms with Gasteiger partial charge < -0.3 is 9.30 Å². The van der Waals surface area contributed by atoms with Gasteiger partial charge in [-0.1, -0.05) is 0 Å². The molecule has 0 bridgehead atoms. The zero-order valence-electron chi connectivity index (χ0n) is 11.7. The second-order valence-electron chi connectivity index (χ2n) is 4.50. The molecule has 0 radical (unpaired) electrons. The van der Waals surface area contributed by atoms with Crippen LogP contribution in [0.5, 0.6) is 0 Å². The number of benzene rings is 1. The van der Waals surface area contributed by atoms with E-state index in [1.165, 1.54) is 18.3 Å². The number of aromatic nitrogens is 1. The van der Waals surface area contributed by atoms with Gasteiger partial charge in [-0.3, -0.25) is 4.79 Å². The van der Waals surface area contributed by atoms with Gasteiger partial charge in [0.2, 0.25) is 5.43 Å². The van der Waals surface area contributed by atoms with Crippen molar-refractivity contribution >= 4 is 16.9 Å². The van der Waals surface area contributed by atoms with Gasteiger partial charge in [0.15, 0.2) is 0 Å². The van der Waals surface area contributed by atoms with Crippen molar-refractivity contribution in [1.29, 1.82) is 0 Å². The molecule has 0 spiro atoms. The summed E-state index contributed by atoms with van der Waals surface area (Å²) in [5, 5.41) is 0.330. The number of fused-ring (bicyclic) bond motifs is 1. The molecule has 5 heteroatoms. The highest BCUT2D eigenvalue weighted by molar-refractivity contribution is 5.94. The number of carbonyl (C=O) groups excluding carboxylic acids is 1. The van der Waals surface area contributed by atoms with Gasteiger partial charge >= 0.3 is 5.97 Å². The fraction of sp³-hybridized carbons (Fsp3) is 0.333. The highest BCUT2D eigenvalue weighted by Gasteiger charge is 2.17. The zero-order chi connectivity index (χ0) is 14.9. The average Bonchev–Trinajstić information content (AvgIpc) is 2.42. The lowest BCUT2D eigenvalue weighted by Gasteiger charge is -2.12. The maximum Gasteiger partial charge on any atom is 0.343 e. The Bertz CT molecular complexity index is 734. The molecule has 4 nitrogen and oxygen atoms in total. The zero-order valence-corrected chi connectivity index (χ0v) is 11.7. The molecular weight excluding hydrogens is 261 g/mol. The highest BCUT2D eigenvalue weighted by atomic mass is 19.1. The van der Waals surface area contributed by atoms with Crippen molar-refractivity contribution in [3.63, 3.8) is 0 Å². The van der Waals surface area contributed by atoms with E-state index in [-0.39, 0.29) is 18.0 Å². The molecule has 0 saturated carbocycles. The number of hydrogen-bond acceptors (Lipinski definition) is 3. The van der Waals surface area contributed by atoms with E-state index in [0.717, 1.165) is 0 Å². The number of esters is 1. The van der Waals surface area contributed by atoms with E-state index >= 15 is 0 Å². The number of ether oxygens (including phenoxy) is 1. The summed E-state index contributed by atoms with van der Waals surface area (Å²) in [4.78, 5) is 24.2. The fourth-order valence-corrected chi connectivity index (χ4v) is 2.14. The smallest absolute Gasteiger partial charge is 0.343 e. The summed E-state index contributed by atoms with van der Waals surface area (Å²) in [5.41, 5.74) is 0.408. The molecule has 0 saturated heterocycles. The van der Waals surface area contributed by atoms with Gasteiger partial charge in [0.25, 0.3) is 0 Å². The van der Waals surface area contributed by atoms with Crippen molar-refractivity contribution < 1.29 is 13.9 Å². The molecule has 0 fully saturated rings. The number of aryl methyl sites for hydroxylation is 2. The van der Waals surface area contributed by atoms with Crippen LogP contribution in [0.2, 0.25) is 0 Å². The summed E-state index contributed by atoms with van der Waals surface area (Å²) in [6, 6.07) is 2.80. The molecule has 1 aromatic heterocycles. The molecule has 106 valence electrons. The summed E-state index contributed by atoms with van der Waals surface area (Å²) >= 11 is 0. The maximum absolute atomic E-state index is 13.7. The van der Waals surface area contributed by atoms with E-state index in [1.807, 2.05) is 6.92 Å². The van der Waals surface area contributed by atoms with Crippen LogP contribution in [-0.4, -0.2) is 17.1 Å². The molecule has 0 aliphatic heterocycles. The SMILES string of the molecule is CCOC(=O)c1cn(CC)c2cc(F)c(C)cc2c1=O. The van der Waals surface area contributed by atoms with E-state index in [1.54, 1.807) is 18.4 Å². The molecule has 0 amide bonds. The molecule has 1 aromatic carbocycles. The Labute approximate surface area is 115 Å². The molecule has 2 rings (SSSR count). The molecule has 0 aliphatic carbocycles.